The number of nitrogens with zero attached hydrogens (tertiary/aromatic N) is 3. The van der Waals surface area contributed by atoms with Crippen molar-refractivity contribution in [3.63, 3.8) is 0 Å². The topological polar surface area (TPSA) is 118 Å². The molecule has 0 saturated carbocycles. The zero-order valence-electron chi connectivity index (χ0n) is 18.0. The average Bonchev–Trinajstić information content (AvgIpc) is 3.49. The standard InChI is InChI=1S/C21H20BrN3O6S2/c1-4-29-15-7-11(18-23-12(9-32-18)20(27)30-5-2)16(14(26)8-22)25-17(15)19-24-13(10-33-19)21(28)31-6-3/h7,9-10H,4-6,8H2,1-3H3. The Morgan fingerprint density at radius 3 is 2.00 bits per heavy atom. The molecule has 3 aromatic rings. The van der Waals surface area contributed by atoms with Crippen LogP contribution in [0.5, 0.6) is 5.75 Å². The maximum Gasteiger partial charge on any atom is 0.357 e. The Morgan fingerprint density at radius 1 is 0.879 bits per heavy atom. The van der Waals surface area contributed by atoms with Crippen LogP contribution in [0, 0.1) is 0 Å². The lowest BCUT2D eigenvalue weighted by Crippen LogP contribution is -2.09. The highest BCUT2D eigenvalue weighted by Crippen LogP contribution is 2.37. The minimum atomic E-state index is -0.544. The van der Waals surface area contributed by atoms with E-state index in [1.807, 2.05) is 6.92 Å². The summed E-state index contributed by atoms with van der Waals surface area (Å²) in [6.07, 6.45) is 0. The number of hydrogen-bond donors (Lipinski definition) is 0. The minimum Gasteiger partial charge on any atom is -0.491 e. The number of rotatable bonds is 10. The summed E-state index contributed by atoms with van der Waals surface area (Å²) in [4.78, 5) is 50.0. The van der Waals surface area contributed by atoms with Gasteiger partial charge in [-0.2, -0.15) is 0 Å². The van der Waals surface area contributed by atoms with Gasteiger partial charge in [-0.05, 0) is 26.8 Å². The van der Waals surface area contributed by atoms with Gasteiger partial charge in [-0.3, -0.25) is 4.79 Å². The molecule has 0 N–H and O–H groups in total. The molecule has 33 heavy (non-hydrogen) atoms. The molecule has 0 atom stereocenters. The van der Waals surface area contributed by atoms with Crippen molar-refractivity contribution in [3.8, 4) is 27.0 Å². The van der Waals surface area contributed by atoms with Crippen LogP contribution >= 0.6 is 38.6 Å². The van der Waals surface area contributed by atoms with E-state index < -0.39 is 11.9 Å². The predicted octanol–water partition coefficient (Wildman–Crippen LogP) is 4.66. The van der Waals surface area contributed by atoms with Gasteiger partial charge in [-0.25, -0.2) is 24.5 Å². The number of carbonyl (C=O) groups excluding carboxylic acids is 3. The molecule has 3 rings (SSSR count). The summed E-state index contributed by atoms with van der Waals surface area (Å²) in [7, 11) is 0. The number of Topliss-reactive ketones (excluding diaryl/α,β-unsaturated/α-hetero) is 1. The van der Waals surface area contributed by atoms with Gasteiger partial charge in [-0.1, -0.05) is 15.9 Å². The molecule has 0 aromatic carbocycles. The Morgan fingerprint density at radius 2 is 1.45 bits per heavy atom. The first-order valence-corrected chi connectivity index (χ1v) is 12.8. The first kappa shape index (κ1) is 24.9. The molecular weight excluding hydrogens is 534 g/mol. The van der Waals surface area contributed by atoms with Crippen LogP contribution in [0.25, 0.3) is 21.3 Å². The predicted molar refractivity (Wildman–Crippen MR) is 128 cm³/mol. The molecule has 174 valence electrons. The Kier molecular flexibility index (Phi) is 8.64. The summed E-state index contributed by atoms with van der Waals surface area (Å²) in [6, 6.07) is 1.65. The van der Waals surface area contributed by atoms with E-state index in [-0.39, 0.29) is 41.4 Å². The Bertz CT molecular complexity index is 1180. The van der Waals surface area contributed by atoms with Gasteiger partial charge in [-0.15, -0.1) is 22.7 Å². The van der Waals surface area contributed by atoms with Crippen LogP contribution in [-0.2, 0) is 9.47 Å². The quantitative estimate of drug-likeness (QED) is 0.200. The molecule has 0 radical (unpaired) electrons. The molecule has 0 bridgehead atoms. The van der Waals surface area contributed by atoms with Gasteiger partial charge in [0.1, 0.15) is 27.2 Å². The first-order chi connectivity index (χ1) is 15.9. The zero-order valence-corrected chi connectivity index (χ0v) is 21.3. The number of aromatic nitrogens is 3. The number of alkyl halides is 1. The molecule has 0 spiro atoms. The second-order valence-corrected chi connectivity index (χ2v) is 8.51. The fourth-order valence-corrected chi connectivity index (χ4v) is 4.58. The zero-order chi connectivity index (χ0) is 24.0. The van der Waals surface area contributed by atoms with Crippen molar-refractivity contribution in [1.29, 1.82) is 0 Å². The fraction of sp³-hybridized carbons (Fsp3) is 0.333. The van der Waals surface area contributed by atoms with Crippen molar-refractivity contribution in [2.75, 3.05) is 25.2 Å². The monoisotopic (exact) mass is 553 g/mol. The number of ether oxygens (including phenoxy) is 3. The molecule has 0 aliphatic carbocycles. The highest BCUT2D eigenvalue weighted by Gasteiger charge is 2.25. The molecule has 0 unspecified atom stereocenters. The second kappa shape index (κ2) is 11.4. The van der Waals surface area contributed by atoms with Crippen LogP contribution in [0.1, 0.15) is 52.2 Å². The summed E-state index contributed by atoms with van der Waals surface area (Å²) in [6.45, 7) is 6.03. The molecule has 0 amide bonds. The van der Waals surface area contributed by atoms with E-state index in [4.69, 9.17) is 14.2 Å². The molecule has 0 aliphatic rings. The summed E-state index contributed by atoms with van der Waals surface area (Å²) < 4.78 is 15.8. The van der Waals surface area contributed by atoms with Gasteiger partial charge in [0, 0.05) is 16.3 Å². The van der Waals surface area contributed by atoms with E-state index in [1.165, 1.54) is 22.7 Å². The Balaban J connectivity index is 2.13. The van der Waals surface area contributed by atoms with E-state index in [1.54, 1.807) is 30.7 Å². The SMILES string of the molecule is CCOC(=O)c1csc(-c2cc(OCC)c(-c3nc(C(=O)OCC)cs3)nc2C(=O)CBr)n1. The van der Waals surface area contributed by atoms with Crippen LogP contribution < -0.4 is 4.74 Å². The van der Waals surface area contributed by atoms with Gasteiger partial charge in [0.15, 0.2) is 17.2 Å². The molecule has 12 heteroatoms. The molecule has 3 aromatic heterocycles. The molecule has 9 nitrogen and oxygen atoms in total. The van der Waals surface area contributed by atoms with Gasteiger partial charge in [0.2, 0.25) is 0 Å². The smallest absolute Gasteiger partial charge is 0.357 e. The largest absolute Gasteiger partial charge is 0.491 e. The van der Waals surface area contributed by atoms with Crippen LogP contribution in [0.15, 0.2) is 16.8 Å². The maximum absolute atomic E-state index is 12.7. The van der Waals surface area contributed by atoms with Crippen molar-refractivity contribution in [2.24, 2.45) is 0 Å². The summed E-state index contributed by atoms with van der Waals surface area (Å²) in [5.41, 5.74) is 1.19. The number of halogens is 1. The highest BCUT2D eigenvalue weighted by molar-refractivity contribution is 9.09. The molecule has 0 saturated heterocycles. The summed E-state index contributed by atoms with van der Waals surface area (Å²) in [5.74, 6) is -1.00. The van der Waals surface area contributed by atoms with E-state index in [0.29, 0.717) is 33.6 Å². The van der Waals surface area contributed by atoms with Crippen LogP contribution in [0.3, 0.4) is 0 Å². The van der Waals surface area contributed by atoms with Crippen molar-refractivity contribution in [3.05, 3.63) is 33.9 Å². The van der Waals surface area contributed by atoms with E-state index >= 15 is 0 Å². The van der Waals surface area contributed by atoms with Gasteiger partial charge < -0.3 is 14.2 Å². The lowest BCUT2D eigenvalue weighted by molar-refractivity contribution is 0.0511. The Labute approximate surface area is 206 Å². The second-order valence-electron chi connectivity index (χ2n) is 6.24. The third kappa shape index (κ3) is 5.63. The van der Waals surface area contributed by atoms with Gasteiger partial charge in [0.25, 0.3) is 0 Å². The van der Waals surface area contributed by atoms with Gasteiger partial charge in [0.05, 0.1) is 25.2 Å². The number of hydrogen-bond acceptors (Lipinski definition) is 11. The third-order valence-corrected chi connectivity index (χ3v) is 6.32. The van der Waals surface area contributed by atoms with Crippen molar-refractivity contribution < 1.29 is 28.6 Å². The molecule has 0 aliphatic heterocycles. The van der Waals surface area contributed by atoms with E-state index in [9.17, 15) is 14.4 Å². The molecule has 0 fully saturated rings. The lowest BCUT2D eigenvalue weighted by Gasteiger charge is -2.12. The summed E-state index contributed by atoms with van der Waals surface area (Å²) >= 11 is 5.57. The van der Waals surface area contributed by atoms with Gasteiger partial charge >= 0.3 is 11.9 Å². The maximum atomic E-state index is 12.7. The number of carbonyl (C=O) groups is 3. The van der Waals surface area contributed by atoms with Crippen LogP contribution in [0.2, 0.25) is 0 Å². The fourth-order valence-electron chi connectivity index (χ4n) is 2.73. The van der Waals surface area contributed by atoms with E-state index in [2.05, 4.69) is 30.9 Å². The highest BCUT2D eigenvalue weighted by atomic mass is 79.9. The number of pyridine rings is 1. The van der Waals surface area contributed by atoms with Crippen molar-refractivity contribution >= 4 is 56.3 Å². The van der Waals surface area contributed by atoms with Crippen LogP contribution in [-0.4, -0.2) is 57.8 Å². The first-order valence-electron chi connectivity index (χ1n) is 9.96. The Hall–Kier alpha value is -2.70. The van der Waals surface area contributed by atoms with Crippen molar-refractivity contribution in [2.45, 2.75) is 20.8 Å². The number of thiazole rings is 2. The van der Waals surface area contributed by atoms with Crippen molar-refractivity contribution in [1.82, 2.24) is 15.0 Å². The average molecular weight is 554 g/mol. The summed E-state index contributed by atoms with van der Waals surface area (Å²) in [5, 5.41) is 3.99. The van der Waals surface area contributed by atoms with Crippen LogP contribution in [0.4, 0.5) is 0 Å². The third-order valence-electron chi connectivity index (χ3n) is 4.08. The normalized spacial score (nSPS) is 10.7. The van der Waals surface area contributed by atoms with E-state index in [0.717, 1.165) is 0 Å². The lowest BCUT2D eigenvalue weighted by atomic mass is 10.1. The molecule has 3 heterocycles. The number of esters is 2. The number of ketones is 1. The minimum absolute atomic E-state index is 0.0302. The molecular formula is C21H20BrN3O6S2.